The summed E-state index contributed by atoms with van der Waals surface area (Å²) in [5.41, 5.74) is 3.76. The van der Waals surface area contributed by atoms with Crippen LogP contribution in [0.25, 0.3) is 43.1 Å². The number of aliphatic imine (C=N–C) groups is 3. The van der Waals surface area contributed by atoms with Crippen molar-refractivity contribution in [1.82, 2.24) is 0 Å². The summed E-state index contributed by atoms with van der Waals surface area (Å²) in [5.74, 6) is 0. The number of allylic oxidation sites excluding steroid dienone is 2. The van der Waals surface area contributed by atoms with Crippen molar-refractivity contribution in [3.63, 3.8) is 0 Å². The van der Waals surface area contributed by atoms with Crippen molar-refractivity contribution in [2.75, 3.05) is 0 Å². The van der Waals surface area contributed by atoms with Crippen LogP contribution in [0.5, 0.6) is 0 Å². The Morgan fingerprint density at radius 3 is 1.38 bits per heavy atom. The summed E-state index contributed by atoms with van der Waals surface area (Å²) in [6.45, 7) is 0. The fourth-order valence-corrected chi connectivity index (χ4v) is 5.16. The van der Waals surface area contributed by atoms with Gasteiger partial charge in [-0.05, 0) is 33.7 Å². The first-order valence-electron chi connectivity index (χ1n) is 12.8. The molecule has 7 rings (SSSR count). The first-order valence-corrected chi connectivity index (χ1v) is 15.8. The maximum atomic E-state index is 4.95. The third-order valence-corrected chi connectivity index (χ3v) is 6.95. The van der Waals surface area contributed by atoms with Crippen LogP contribution in [0.3, 0.4) is 0 Å². The van der Waals surface area contributed by atoms with E-state index in [4.69, 9.17) is 35.2 Å². The molecule has 6 aromatic rings. The molecule has 0 unspecified atom stereocenters. The van der Waals surface area contributed by atoms with Crippen molar-refractivity contribution >= 4 is 92.8 Å². The van der Waals surface area contributed by atoms with E-state index in [0.29, 0.717) is 0 Å². The number of hydrogen-bond acceptors (Lipinski definition) is 3. The van der Waals surface area contributed by atoms with E-state index in [1.165, 1.54) is 21.5 Å². The maximum absolute atomic E-state index is 4.95. The summed E-state index contributed by atoms with van der Waals surface area (Å²) in [5, 5.41) is 9.33. The molecule has 0 spiro atoms. The third kappa shape index (κ3) is 5.45. The molecule has 6 heteroatoms. The van der Waals surface area contributed by atoms with E-state index in [9.17, 15) is 0 Å². The number of rotatable bonds is 4. The first-order chi connectivity index (χ1) is 19.7. The van der Waals surface area contributed by atoms with Gasteiger partial charge in [-0.15, -0.1) is 0 Å². The van der Waals surface area contributed by atoms with Gasteiger partial charge in [0.1, 0.15) is 0 Å². The molecule has 0 atom stereocenters. The van der Waals surface area contributed by atoms with Crippen LogP contribution in [-0.4, -0.2) is 18.1 Å². The van der Waals surface area contributed by atoms with Gasteiger partial charge in [0.2, 0.25) is 0 Å². The topological polar surface area (TPSA) is 37.1 Å². The molecule has 0 saturated heterocycles. The van der Waals surface area contributed by atoms with Gasteiger partial charge in [-0.1, -0.05) is 103 Å². The van der Waals surface area contributed by atoms with Gasteiger partial charge in [0.05, 0.1) is 29.0 Å². The summed E-state index contributed by atoms with van der Waals surface area (Å²) in [6.07, 6.45) is 6.63. The molecule has 1 heterocycles. The van der Waals surface area contributed by atoms with E-state index < -0.39 is 0 Å². The molecule has 0 bridgehead atoms. The minimum absolute atomic E-state index is 0.194. The number of nitrogens with zero attached hydrogens (tertiary/aromatic N) is 3. The molecule has 0 fully saturated rings. The van der Waals surface area contributed by atoms with E-state index in [1.54, 1.807) is 0 Å². The van der Waals surface area contributed by atoms with E-state index in [-0.39, 0.29) is 13.1 Å². The molecule has 0 N–H and O–H groups in total. The Balaban J connectivity index is 0.000000925. The van der Waals surface area contributed by atoms with Gasteiger partial charge in [-0.25, -0.2) is 0 Å². The second kappa shape index (κ2) is 12.2. The molecular weight excluding hydrogens is 577 g/mol. The van der Waals surface area contributed by atoms with Crippen LogP contribution in [0.2, 0.25) is 0 Å². The van der Waals surface area contributed by atoms with E-state index in [2.05, 4.69) is 115 Å². The Kier molecular flexibility index (Phi) is 8.04. The summed E-state index contributed by atoms with van der Waals surface area (Å²) in [7, 11) is 9.53. The molecule has 0 aliphatic carbocycles. The van der Waals surface area contributed by atoms with E-state index in [1.807, 2.05) is 12.4 Å². The zero-order valence-corrected chi connectivity index (χ0v) is 23.9. The Bertz CT molecular complexity index is 1880. The van der Waals surface area contributed by atoms with Crippen LogP contribution in [0.4, 0.5) is 11.4 Å². The molecule has 196 valence electrons. The molecule has 1 aliphatic heterocycles. The van der Waals surface area contributed by atoms with E-state index >= 15 is 0 Å². The molecule has 0 radical (unpaired) electrons. The van der Waals surface area contributed by atoms with Gasteiger partial charge in [0, 0.05) is 34.2 Å². The zero-order valence-electron chi connectivity index (χ0n) is 21.3. The Morgan fingerprint density at radius 2 is 0.950 bits per heavy atom. The second-order valence-electron chi connectivity index (χ2n) is 9.34. The number of hydrogen-bond donors (Lipinski definition) is 0. The Morgan fingerprint density at radius 1 is 0.575 bits per heavy atom. The van der Waals surface area contributed by atoms with Crippen molar-refractivity contribution in [1.29, 1.82) is 0 Å². The molecule has 6 aromatic carbocycles. The fourth-order valence-electron chi connectivity index (χ4n) is 5.16. The van der Waals surface area contributed by atoms with Crippen molar-refractivity contribution in [2.24, 2.45) is 15.0 Å². The monoisotopic (exact) mass is 599 g/mol. The summed E-state index contributed by atoms with van der Waals surface area (Å²) in [4.78, 5) is 14.7. The van der Waals surface area contributed by atoms with Crippen LogP contribution in [0.1, 0.15) is 6.42 Å². The normalized spacial score (nSPS) is 13.4. The molecule has 0 amide bonds. The summed E-state index contributed by atoms with van der Waals surface area (Å²) >= 11 is 0.194. The zero-order chi connectivity index (χ0) is 27.3. The average Bonchev–Trinajstić information content (AvgIpc) is 3.45. The van der Waals surface area contributed by atoms with Crippen molar-refractivity contribution in [3.8, 4) is 0 Å². The van der Waals surface area contributed by atoms with Gasteiger partial charge >= 0.3 is 33.3 Å². The fraction of sp³-hybridized carbons (Fsp3) is 0.0294. The number of benzene rings is 6. The van der Waals surface area contributed by atoms with Gasteiger partial charge in [-0.3, -0.25) is 15.0 Å². The molecule has 0 saturated carbocycles. The van der Waals surface area contributed by atoms with Gasteiger partial charge < -0.3 is 0 Å². The van der Waals surface area contributed by atoms with Crippen LogP contribution in [0.15, 0.2) is 136 Å². The summed E-state index contributed by atoms with van der Waals surface area (Å²) < 4.78 is 0. The van der Waals surface area contributed by atoms with Crippen LogP contribution in [0, 0.1) is 0 Å². The SMILES string of the molecule is C(=Nc1c2ccccc2cc2ccccc12)C1=CCC(C=Nc2c3ccccc3cc3ccccc23)=N1.[Cl][Fe][Cl]. The standard InChI is InChI=1S/C34H23N3.2ClH.Fe/c1-5-13-29-23(9-1)19-24-10-2-6-14-30(24)33(29)35-21-27-17-18-28(37-27)22-36-34-31-15-7-3-11-25(31)20-26-12-4-8-16-32(26)34;;;/h1-17,19-22H,18H2;2*1H;/q;;;+2/p-2. The van der Waals surface area contributed by atoms with E-state index in [0.717, 1.165) is 50.7 Å². The van der Waals surface area contributed by atoms with Crippen molar-refractivity contribution in [2.45, 2.75) is 6.42 Å². The minimum atomic E-state index is 0.194. The predicted octanol–water partition coefficient (Wildman–Crippen LogP) is 10.5. The Hall–Kier alpha value is -3.79. The number of fused-ring (bicyclic) bond motifs is 4. The van der Waals surface area contributed by atoms with Crippen LogP contribution < -0.4 is 0 Å². The Labute approximate surface area is 247 Å². The van der Waals surface area contributed by atoms with Crippen LogP contribution >= 0.6 is 20.2 Å². The number of halogens is 2. The molecule has 0 aromatic heterocycles. The quantitative estimate of drug-likeness (QED) is 0.110. The van der Waals surface area contributed by atoms with Crippen molar-refractivity contribution in [3.05, 3.63) is 121 Å². The van der Waals surface area contributed by atoms with Crippen molar-refractivity contribution < 1.29 is 13.1 Å². The molecule has 1 aliphatic rings. The molecule has 40 heavy (non-hydrogen) atoms. The second-order valence-corrected chi connectivity index (χ2v) is 11.2. The molecule has 3 nitrogen and oxygen atoms in total. The van der Waals surface area contributed by atoms with Gasteiger partial charge in [0.15, 0.2) is 0 Å². The van der Waals surface area contributed by atoms with Crippen LogP contribution in [-0.2, 0) is 13.1 Å². The predicted molar refractivity (Wildman–Crippen MR) is 171 cm³/mol. The van der Waals surface area contributed by atoms with Gasteiger partial charge in [-0.2, -0.15) is 0 Å². The summed E-state index contributed by atoms with van der Waals surface area (Å²) in [6, 6.07) is 38.1. The third-order valence-electron chi connectivity index (χ3n) is 6.95. The average molecular weight is 600 g/mol. The van der Waals surface area contributed by atoms with Gasteiger partial charge in [0.25, 0.3) is 0 Å². The first kappa shape index (κ1) is 26.4. The molecular formula is C34H23Cl2FeN3.